The molecule has 0 bridgehead atoms. The quantitative estimate of drug-likeness (QED) is 0.897. The standard InChI is InChI=1S/C17H21FN2/c1-4-19-16(17-13(3)6-5-9-20-17)11-14-10-15(18)8-7-12(14)2/h5-10,16,19H,4,11H2,1-3H3. The van der Waals surface area contributed by atoms with Gasteiger partial charge in [-0.15, -0.1) is 0 Å². The normalized spacial score (nSPS) is 12.4. The monoisotopic (exact) mass is 272 g/mol. The van der Waals surface area contributed by atoms with Crippen molar-refractivity contribution in [2.75, 3.05) is 6.54 Å². The Morgan fingerprint density at radius 3 is 2.70 bits per heavy atom. The molecule has 1 aromatic heterocycles. The molecular formula is C17H21FN2. The van der Waals surface area contributed by atoms with Crippen LogP contribution in [0, 0.1) is 19.7 Å². The molecule has 0 amide bonds. The maximum atomic E-state index is 13.4. The van der Waals surface area contributed by atoms with Crippen molar-refractivity contribution in [2.45, 2.75) is 33.2 Å². The minimum absolute atomic E-state index is 0.113. The van der Waals surface area contributed by atoms with Gasteiger partial charge in [0, 0.05) is 6.20 Å². The summed E-state index contributed by atoms with van der Waals surface area (Å²) in [7, 11) is 0. The summed E-state index contributed by atoms with van der Waals surface area (Å²) in [6.07, 6.45) is 2.56. The van der Waals surface area contributed by atoms with Gasteiger partial charge in [0.25, 0.3) is 0 Å². The Bertz CT molecular complexity index is 581. The fourth-order valence-electron chi connectivity index (χ4n) is 2.45. The number of hydrogen-bond donors (Lipinski definition) is 1. The lowest BCUT2D eigenvalue weighted by Crippen LogP contribution is -2.25. The van der Waals surface area contributed by atoms with Crippen LogP contribution in [0.25, 0.3) is 0 Å². The first-order valence-electron chi connectivity index (χ1n) is 7.01. The van der Waals surface area contributed by atoms with Crippen LogP contribution >= 0.6 is 0 Å². The third-order valence-electron chi connectivity index (χ3n) is 3.57. The molecule has 2 rings (SSSR count). The Kier molecular flexibility index (Phi) is 4.85. The summed E-state index contributed by atoms with van der Waals surface area (Å²) in [5.41, 5.74) is 4.34. The predicted octanol–water partition coefficient (Wildman–Crippen LogP) is 3.73. The van der Waals surface area contributed by atoms with Crippen LogP contribution in [-0.2, 0) is 6.42 Å². The van der Waals surface area contributed by atoms with E-state index in [1.165, 1.54) is 6.07 Å². The number of halogens is 1. The van der Waals surface area contributed by atoms with E-state index in [0.29, 0.717) is 0 Å². The van der Waals surface area contributed by atoms with E-state index in [0.717, 1.165) is 35.3 Å². The van der Waals surface area contributed by atoms with Gasteiger partial charge in [0.15, 0.2) is 0 Å². The summed E-state index contributed by atoms with van der Waals surface area (Å²) in [5.74, 6) is -0.182. The zero-order chi connectivity index (χ0) is 14.5. The van der Waals surface area contributed by atoms with Crippen molar-refractivity contribution in [3.05, 3.63) is 64.7 Å². The topological polar surface area (TPSA) is 24.9 Å². The second-order valence-corrected chi connectivity index (χ2v) is 5.09. The van der Waals surface area contributed by atoms with Crippen molar-refractivity contribution in [2.24, 2.45) is 0 Å². The van der Waals surface area contributed by atoms with Crippen LogP contribution in [0.15, 0.2) is 36.5 Å². The number of aromatic nitrogens is 1. The zero-order valence-electron chi connectivity index (χ0n) is 12.3. The fourth-order valence-corrected chi connectivity index (χ4v) is 2.45. The van der Waals surface area contributed by atoms with Gasteiger partial charge in [0.05, 0.1) is 11.7 Å². The number of pyridine rings is 1. The van der Waals surface area contributed by atoms with Crippen LogP contribution in [-0.4, -0.2) is 11.5 Å². The molecule has 0 saturated carbocycles. The van der Waals surface area contributed by atoms with Crippen molar-refractivity contribution in [1.82, 2.24) is 10.3 Å². The fraction of sp³-hybridized carbons (Fsp3) is 0.353. The third-order valence-corrected chi connectivity index (χ3v) is 3.57. The molecule has 1 heterocycles. The first-order chi connectivity index (χ1) is 9.61. The number of hydrogen-bond acceptors (Lipinski definition) is 2. The minimum Gasteiger partial charge on any atom is -0.309 e. The average Bonchev–Trinajstić information content (AvgIpc) is 2.43. The highest BCUT2D eigenvalue weighted by Crippen LogP contribution is 2.22. The SMILES string of the molecule is CCNC(Cc1cc(F)ccc1C)c1ncccc1C. The molecule has 0 aliphatic carbocycles. The van der Waals surface area contributed by atoms with Gasteiger partial charge in [0.1, 0.15) is 5.82 Å². The van der Waals surface area contributed by atoms with E-state index < -0.39 is 0 Å². The molecule has 0 saturated heterocycles. The summed E-state index contributed by atoms with van der Waals surface area (Å²) >= 11 is 0. The Labute approximate surface area is 120 Å². The lowest BCUT2D eigenvalue weighted by atomic mass is 9.97. The second-order valence-electron chi connectivity index (χ2n) is 5.09. The molecule has 0 fully saturated rings. The number of likely N-dealkylation sites (N-methyl/N-ethyl adjacent to an activating group) is 1. The molecule has 0 aliphatic heterocycles. The maximum Gasteiger partial charge on any atom is 0.123 e. The van der Waals surface area contributed by atoms with E-state index in [1.54, 1.807) is 6.07 Å². The summed E-state index contributed by atoms with van der Waals surface area (Å²) in [4.78, 5) is 4.49. The van der Waals surface area contributed by atoms with Crippen LogP contribution < -0.4 is 5.32 Å². The van der Waals surface area contributed by atoms with Gasteiger partial charge in [-0.2, -0.15) is 0 Å². The smallest absolute Gasteiger partial charge is 0.123 e. The Morgan fingerprint density at radius 1 is 1.20 bits per heavy atom. The van der Waals surface area contributed by atoms with Crippen LogP contribution in [0.4, 0.5) is 4.39 Å². The largest absolute Gasteiger partial charge is 0.309 e. The van der Waals surface area contributed by atoms with Gasteiger partial charge < -0.3 is 5.32 Å². The lowest BCUT2D eigenvalue weighted by molar-refractivity contribution is 0.530. The molecular weight excluding hydrogens is 251 g/mol. The van der Waals surface area contributed by atoms with E-state index in [2.05, 4.69) is 30.2 Å². The molecule has 106 valence electrons. The van der Waals surface area contributed by atoms with Gasteiger partial charge >= 0.3 is 0 Å². The Hall–Kier alpha value is -1.74. The van der Waals surface area contributed by atoms with Crippen molar-refractivity contribution in [1.29, 1.82) is 0 Å². The number of benzene rings is 1. The van der Waals surface area contributed by atoms with Crippen molar-refractivity contribution in [3.63, 3.8) is 0 Å². The summed E-state index contributed by atoms with van der Waals surface area (Å²) in [5, 5.41) is 3.45. The highest BCUT2D eigenvalue weighted by atomic mass is 19.1. The van der Waals surface area contributed by atoms with E-state index in [1.807, 2.05) is 25.3 Å². The van der Waals surface area contributed by atoms with Crippen molar-refractivity contribution in [3.8, 4) is 0 Å². The van der Waals surface area contributed by atoms with Gasteiger partial charge in [-0.25, -0.2) is 4.39 Å². The Morgan fingerprint density at radius 2 is 2.00 bits per heavy atom. The van der Waals surface area contributed by atoms with E-state index in [-0.39, 0.29) is 11.9 Å². The lowest BCUT2D eigenvalue weighted by Gasteiger charge is -2.20. The van der Waals surface area contributed by atoms with Gasteiger partial charge in [-0.3, -0.25) is 4.98 Å². The van der Waals surface area contributed by atoms with Crippen LogP contribution in [0.3, 0.4) is 0 Å². The number of nitrogens with zero attached hydrogens (tertiary/aromatic N) is 1. The zero-order valence-corrected chi connectivity index (χ0v) is 12.3. The van der Waals surface area contributed by atoms with Gasteiger partial charge in [0.2, 0.25) is 0 Å². The molecule has 2 nitrogen and oxygen atoms in total. The Balaban J connectivity index is 2.30. The molecule has 1 aromatic carbocycles. The molecule has 1 unspecified atom stereocenters. The highest BCUT2D eigenvalue weighted by molar-refractivity contribution is 5.30. The van der Waals surface area contributed by atoms with Crippen LogP contribution in [0.2, 0.25) is 0 Å². The van der Waals surface area contributed by atoms with Crippen molar-refractivity contribution < 1.29 is 4.39 Å². The summed E-state index contributed by atoms with van der Waals surface area (Å²) in [6, 6.07) is 9.08. The van der Waals surface area contributed by atoms with E-state index >= 15 is 0 Å². The molecule has 1 N–H and O–H groups in total. The van der Waals surface area contributed by atoms with Crippen molar-refractivity contribution >= 4 is 0 Å². The van der Waals surface area contributed by atoms with E-state index in [4.69, 9.17) is 0 Å². The van der Waals surface area contributed by atoms with Gasteiger partial charge in [-0.05, 0) is 61.7 Å². The molecule has 2 aromatic rings. The first kappa shape index (κ1) is 14.7. The number of nitrogens with one attached hydrogen (secondary N) is 1. The molecule has 0 radical (unpaired) electrons. The predicted molar refractivity (Wildman–Crippen MR) is 80.2 cm³/mol. The molecule has 0 spiro atoms. The van der Waals surface area contributed by atoms with Crippen LogP contribution in [0.5, 0.6) is 0 Å². The molecule has 0 aliphatic rings. The van der Waals surface area contributed by atoms with Crippen LogP contribution in [0.1, 0.15) is 35.3 Å². The maximum absolute atomic E-state index is 13.4. The third kappa shape index (κ3) is 3.42. The second kappa shape index (κ2) is 6.62. The number of aryl methyl sites for hydroxylation is 2. The highest BCUT2D eigenvalue weighted by Gasteiger charge is 2.16. The summed E-state index contributed by atoms with van der Waals surface area (Å²) in [6.45, 7) is 7.01. The van der Waals surface area contributed by atoms with Gasteiger partial charge in [-0.1, -0.05) is 19.1 Å². The molecule has 3 heteroatoms. The minimum atomic E-state index is -0.182. The summed E-state index contributed by atoms with van der Waals surface area (Å²) < 4.78 is 13.4. The first-order valence-corrected chi connectivity index (χ1v) is 7.01. The average molecular weight is 272 g/mol. The molecule has 1 atom stereocenters. The van der Waals surface area contributed by atoms with E-state index in [9.17, 15) is 4.39 Å². The number of rotatable bonds is 5. The molecule has 20 heavy (non-hydrogen) atoms.